The molecule has 0 radical (unpaired) electrons. The molecule has 0 amide bonds. The van der Waals surface area contributed by atoms with Gasteiger partial charge in [0, 0.05) is 6.26 Å². The molecule has 1 aliphatic carbocycles. The molecule has 0 aromatic carbocycles. The quantitative estimate of drug-likeness (QED) is 0.529. The minimum absolute atomic E-state index is 0.325. The van der Waals surface area contributed by atoms with Crippen molar-refractivity contribution < 1.29 is 8.39 Å². The predicted octanol–water partition coefficient (Wildman–Crippen LogP) is 0.459. The van der Waals surface area contributed by atoms with E-state index >= 15 is 0 Å². The largest absolute Gasteiger partial charge is 0.287 e. The van der Waals surface area contributed by atoms with Crippen LogP contribution in [-0.2, 0) is 15.3 Å². The van der Waals surface area contributed by atoms with Crippen LogP contribution in [0.4, 0.5) is 0 Å². The van der Waals surface area contributed by atoms with E-state index in [9.17, 15) is 4.21 Å². The molecule has 0 aliphatic heterocycles. The van der Waals surface area contributed by atoms with Crippen LogP contribution in [0.25, 0.3) is 0 Å². The number of hydrogen-bond acceptors (Lipinski definition) is 2. The molecule has 0 spiro atoms. The molecule has 0 aromatic heterocycles. The van der Waals surface area contributed by atoms with Gasteiger partial charge in [-0.2, -0.15) is 0 Å². The smallest absolute Gasteiger partial charge is 0.152 e. The van der Waals surface area contributed by atoms with Gasteiger partial charge in [-0.25, -0.2) is 4.21 Å². The second-order valence-electron chi connectivity index (χ2n) is 1.70. The van der Waals surface area contributed by atoms with Gasteiger partial charge < -0.3 is 0 Å². The summed E-state index contributed by atoms with van der Waals surface area (Å²) < 4.78 is 15.0. The first-order valence-electron chi connectivity index (χ1n) is 2.29. The van der Waals surface area contributed by atoms with Gasteiger partial charge in [-0.3, -0.25) is 4.18 Å². The normalized spacial score (nSPS) is 24.7. The lowest BCUT2D eigenvalue weighted by Gasteiger charge is -1.89. The van der Waals surface area contributed by atoms with Crippen molar-refractivity contribution in [2.75, 3.05) is 6.26 Å². The molecule has 1 fully saturated rings. The summed E-state index contributed by atoms with van der Waals surface area (Å²) in [6.45, 7) is 0. The standard InChI is InChI=1S/C4H8O2S/c1-7(5)6-4-2-3-4/h4H,2-3H2,1H3. The molecule has 1 atom stereocenters. The summed E-state index contributed by atoms with van der Waals surface area (Å²) >= 11 is -1.03. The summed E-state index contributed by atoms with van der Waals surface area (Å²) in [6, 6.07) is 0. The van der Waals surface area contributed by atoms with Gasteiger partial charge in [0.05, 0.1) is 6.10 Å². The van der Waals surface area contributed by atoms with Crippen LogP contribution in [0.1, 0.15) is 12.8 Å². The third kappa shape index (κ3) is 2.04. The molecule has 3 heteroatoms. The van der Waals surface area contributed by atoms with Crippen LogP contribution >= 0.6 is 0 Å². The summed E-state index contributed by atoms with van der Waals surface area (Å²) in [6.07, 6.45) is 4.07. The van der Waals surface area contributed by atoms with E-state index in [0.29, 0.717) is 6.10 Å². The van der Waals surface area contributed by atoms with Gasteiger partial charge in [0.15, 0.2) is 11.1 Å². The molecule has 7 heavy (non-hydrogen) atoms. The van der Waals surface area contributed by atoms with E-state index in [1.165, 1.54) is 0 Å². The Kier molecular flexibility index (Phi) is 1.44. The lowest BCUT2D eigenvalue weighted by molar-refractivity contribution is 0.337. The third-order valence-electron chi connectivity index (χ3n) is 0.796. The average molecular weight is 120 g/mol. The fraction of sp³-hybridized carbons (Fsp3) is 1.00. The van der Waals surface area contributed by atoms with Crippen molar-refractivity contribution in [1.29, 1.82) is 0 Å². The monoisotopic (exact) mass is 120 g/mol. The second kappa shape index (κ2) is 1.92. The van der Waals surface area contributed by atoms with Gasteiger partial charge in [0.1, 0.15) is 0 Å². The molecule has 1 unspecified atom stereocenters. The molecular formula is C4H8O2S. The van der Waals surface area contributed by atoms with E-state index < -0.39 is 11.1 Å². The highest BCUT2D eigenvalue weighted by atomic mass is 32.2. The SMILES string of the molecule is CS(=O)OC1CC1. The van der Waals surface area contributed by atoms with Gasteiger partial charge in [0.2, 0.25) is 0 Å². The predicted molar refractivity (Wildman–Crippen MR) is 28.2 cm³/mol. The number of hydrogen-bond donors (Lipinski definition) is 0. The highest BCUT2D eigenvalue weighted by Crippen LogP contribution is 2.23. The zero-order valence-corrected chi connectivity index (χ0v) is 5.03. The summed E-state index contributed by atoms with van der Waals surface area (Å²) in [5.74, 6) is 0. The van der Waals surface area contributed by atoms with Crippen LogP contribution in [0.15, 0.2) is 0 Å². The van der Waals surface area contributed by atoms with Crippen LogP contribution in [0.3, 0.4) is 0 Å². The maximum atomic E-state index is 10.2. The summed E-state index contributed by atoms with van der Waals surface area (Å²) in [7, 11) is 0. The van der Waals surface area contributed by atoms with E-state index in [-0.39, 0.29) is 0 Å². The molecule has 42 valence electrons. The highest BCUT2D eigenvalue weighted by molar-refractivity contribution is 7.79. The lowest BCUT2D eigenvalue weighted by atomic mass is 10.9. The number of rotatable bonds is 2. The first-order valence-corrected chi connectivity index (χ1v) is 3.78. The van der Waals surface area contributed by atoms with E-state index in [4.69, 9.17) is 4.18 Å². The molecule has 2 nitrogen and oxygen atoms in total. The first kappa shape index (κ1) is 5.25. The molecule has 0 aromatic rings. The maximum absolute atomic E-state index is 10.2. The van der Waals surface area contributed by atoms with Crippen molar-refractivity contribution in [3.63, 3.8) is 0 Å². The van der Waals surface area contributed by atoms with Crippen LogP contribution in [0.2, 0.25) is 0 Å². The van der Waals surface area contributed by atoms with Crippen LogP contribution < -0.4 is 0 Å². The van der Waals surface area contributed by atoms with Crippen molar-refractivity contribution in [3.05, 3.63) is 0 Å². The zero-order chi connectivity index (χ0) is 5.28. The zero-order valence-electron chi connectivity index (χ0n) is 4.22. The molecule has 0 N–H and O–H groups in total. The first-order chi connectivity index (χ1) is 3.29. The summed E-state index contributed by atoms with van der Waals surface area (Å²) in [5, 5.41) is 0. The van der Waals surface area contributed by atoms with Crippen molar-refractivity contribution in [2.24, 2.45) is 0 Å². The van der Waals surface area contributed by atoms with Crippen molar-refractivity contribution in [3.8, 4) is 0 Å². The van der Waals surface area contributed by atoms with Gasteiger partial charge in [-0.1, -0.05) is 0 Å². The molecular weight excluding hydrogens is 112 g/mol. The molecule has 0 heterocycles. The van der Waals surface area contributed by atoms with Crippen LogP contribution in [0.5, 0.6) is 0 Å². The van der Waals surface area contributed by atoms with Crippen LogP contribution in [-0.4, -0.2) is 16.6 Å². The van der Waals surface area contributed by atoms with E-state index in [0.717, 1.165) is 12.8 Å². The van der Waals surface area contributed by atoms with Crippen molar-refractivity contribution >= 4 is 11.1 Å². The van der Waals surface area contributed by atoms with E-state index in [1.807, 2.05) is 0 Å². The van der Waals surface area contributed by atoms with Crippen LogP contribution in [0, 0.1) is 0 Å². The van der Waals surface area contributed by atoms with E-state index in [1.54, 1.807) is 6.26 Å². The van der Waals surface area contributed by atoms with Gasteiger partial charge in [-0.05, 0) is 12.8 Å². The Morgan fingerprint density at radius 2 is 2.29 bits per heavy atom. The Hall–Kier alpha value is 0.110. The minimum atomic E-state index is -1.03. The second-order valence-corrected chi connectivity index (χ2v) is 2.69. The Morgan fingerprint density at radius 1 is 1.71 bits per heavy atom. The Labute approximate surface area is 45.5 Å². The molecule has 0 saturated heterocycles. The fourth-order valence-electron chi connectivity index (χ4n) is 0.356. The van der Waals surface area contributed by atoms with Gasteiger partial charge in [0.25, 0.3) is 0 Å². The topological polar surface area (TPSA) is 26.3 Å². The minimum Gasteiger partial charge on any atom is -0.287 e. The highest BCUT2D eigenvalue weighted by Gasteiger charge is 2.23. The Balaban J connectivity index is 2.08. The lowest BCUT2D eigenvalue weighted by Crippen LogP contribution is -1.94. The van der Waals surface area contributed by atoms with Gasteiger partial charge >= 0.3 is 0 Å². The van der Waals surface area contributed by atoms with Crippen molar-refractivity contribution in [1.82, 2.24) is 0 Å². The average Bonchev–Trinajstić information content (AvgIpc) is 2.17. The summed E-state index contributed by atoms with van der Waals surface area (Å²) in [5.41, 5.74) is 0. The molecule has 1 rings (SSSR count). The maximum Gasteiger partial charge on any atom is 0.152 e. The Bertz CT molecular complexity index is 87.7. The third-order valence-corrected chi connectivity index (χ3v) is 1.34. The van der Waals surface area contributed by atoms with E-state index in [2.05, 4.69) is 0 Å². The molecule has 1 aliphatic rings. The van der Waals surface area contributed by atoms with Gasteiger partial charge in [-0.15, -0.1) is 0 Å². The molecule has 1 saturated carbocycles. The molecule has 0 bridgehead atoms. The Morgan fingerprint density at radius 3 is 2.43 bits per heavy atom. The van der Waals surface area contributed by atoms with Crippen molar-refractivity contribution in [2.45, 2.75) is 18.9 Å². The fourth-order valence-corrected chi connectivity index (χ4v) is 0.932. The summed E-state index contributed by atoms with van der Waals surface area (Å²) in [4.78, 5) is 0.